The fourth-order valence-corrected chi connectivity index (χ4v) is 2.86. The Balaban J connectivity index is 2.07. The lowest BCUT2D eigenvalue weighted by molar-refractivity contribution is 0.556. The normalized spacial score (nSPS) is 10.5. The fraction of sp³-hybridized carbons (Fsp3) is 0.650. The van der Waals surface area contributed by atoms with Crippen molar-refractivity contribution in [1.82, 2.24) is 0 Å². The number of isocyanates is 1. The van der Waals surface area contributed by atoms with Gasteiger partial charge in [0.25, 0.3) is 0 Å². The highest BCUT2D eigenvalue weighted by Crippen LogP contribution is 2.20. The number of nitrogens with zero attached hydrogens (tertiary/aromatic N) is 1. The molecule has 1 aromatic carbocycles. The lowest BCUT2D eigenvalue weighted by Crippen LogP contribution is -1.88. The third-order valence-electron chi connectivity index (χ3n) is 4.25. The molecule has 0 fully saturated rings. The standard InChI is InChI=1S/C20H31NO/c1-3-4-5-6-7-8-9-10-11-12-13-19-14-15-20(21-17-22)18(2)16-19/h14-16H,3-13H2,1-2H3. The zero-order chi connectivity index (χ0) is 16.0. The number of hydrogen-bond donors (Lipinski definition) is 0. The van der Waals surface area contributed by atoms with Gasteiger partial charge < -0.3 is 0 Å². The molecule has 0 aliphatic rings. The molecule has 0 spiro atoms. The van der Waals surface area contributed by atoms with Crippen LogP contribution in [0.2, 0.25) is 0 Å². The number of hydrogen-bond acceptors (Lipinski definition) is 2. The Morgan fingerprint density at radius 3 is 2.05 bits per heavy atom. The summed E-state index contributed by atoms with van der Waals surface area (Å²) in [5.74, 6) is 0. The second-order valence-electron chi connectivity index (χ2n) is 6.26. The first-order valence-corrected chi connectivity index (χ1v) is 8.95. The van der Waals surface area contributed by atoms with Crippen molar-refractivity contribution in [1.29, 1.82) is 0 Å². The third kappa shape index (κ3) is 8.14. The molecule has 0 bridgehead atoms. The molecular formula is C20H31NO. The highest BCUT2D eigenvalue weighted by molar-refractivity contribution is 5.54. The summed E-state index contributed by atoms with van der Waals surface area (Å²) in [6.07, 6.45) is 16.4. The summed E-state index contributed by atoms with van der Waals surface area (Å²) in [4.78, 5) is 14.0. The molecule has 0 N–H and O–H groups in total. The fourth-order valence-electron chi connectivity index (χ4n) is 2.86. The molecule has 2 heteroatoms. The molecule has 0 heterocycles. The molecule has 1 rings (SSSR count). The Labute approximate surface area is 136 Å². The van der Waals surface area contributed by atoms with E-state index in [0.717, 1.165) is 17.7 Å². The SMILES string of the molecule is CCCCCCCCCCCCc1ccc(N=C=O)c(C)c1. The van der Waals surface area contributed by atoms with E-state index in [4.69, 9.17) is 0 Å². The van der Waals surface area contributed by atoms with Crippen molar-refractivity contribution in [2.75, 3.05) is 0 Å². The molecule has 0 unspecified atom stereocenters. The summed E-state index contributed by atoms with van der Waals surface area (Å²) in [6, 6.07) is 6.15. The quantitative estimate of drug-likeness (QED) is 0.248. The summed E-state index contributed by atoms with van der Waals surface area (Å²) >= 11 is 0. The van der Waals surface area contributed by atoms with Gasteiger partial charge in [-0.1, -0.05) is 76.8 Å². The number of aliphatic imine (C=N–C) groups is 1. The van der Waals surface area contributed by atoms with Gasteiger partial charge in [-0.2, -0.15) is 4.99 Å². The Hall–Kier alpha value is -1.40. The molecule has 0 amide bonds. The zero-order valence-electron chi connectivity index (χ0n) is 14.4. The predicted molar refractivity (Wildman–Crippen MR) is 94.5 cm³/mol. The molecule has 0 radical (unpaired) electrons. The van der Waals surface area contributed by atoms with Crippen molar-refractivity contribution in [3.8, 4) is 0 Å². The van der Waals surface area contributed by atoms with Crippen LogP contribution in [-0.4, -0.2) is 6.08 Å². The second kappa shape index (κ2) is 12.2. The van der Waals surface area contributed by atoms with Gasteiger partial charge in [-0.15, -0.1) is 0 Å². The summed E-state index contributed by atoms with van der Waals surface area (Å²) in [6.45, 7) is 4.27. The minimum absolute atomic E-state index is 0.738. The Morgan fingerprint density at radius 1 is 0.909 bits per heavy atom. The van der Waals surface area contributed by atoms with Crippen LogP contribution in [-0.2, 0) is 11.2 Å². The molecule has 0 aliphatic carbocycles. The lowest BCUT2D eigenvalue weighted by Gasteiger charge is -2.05. The van der Waals surface area contributed by atoms with Crippen LogP contribution >= 0.6 is 0 Å². The molecule has 0 aromatic heterocycles. The van der Waals surface area contributed by atoms with Crippen molar-refractivity contribution in [3.05, 3.63) is 29.3 Å². The van der Waals surface area contributed by atoms with Crippen LogP contribution in [0, 0.1) is 6.92 Å². The molecule has 0 saturated carbocycles. The topological polar surface area (TPSA) is 29.4 Å². The van der Waals surface area contributed by atoms with E-state index in [-0.39, 0.29) is 0 Å². The Bertz CT molecular complexity index is 461. The van der Waals surface area contributed by atoms with Gasteiger partial charge in [-0.3, -0.25) is 0 Å². The number of carbonyl (C=O) groups excluding carboxylic acids is 1. The molecule has 0 atom stereocenters. The van der Waals surface area contributed by atoms with Crippen molar-refractivity contribution in [3.63, 3.8) is 0 Å². The highest BCUT2D eigenvalue weighted by Gasteiger charge is 1.99. The van der Waals surface area contributed by atoms with E-state index >= 15 is 0 Å². The molecule has 22 heavy (non-hydrogen) atoms. The Morgan fingerprint density at radius 2 is 1.50 bits per heavy atom. The van der Waals surface area contributed by atoms with Crippen LogP contribution in [0.25, 0.3) is 0 Å². The third-order valence-corrected chi connectivity index (χ3v) is 4.25. The average molecular weight is 301 g/mol. The molecule has 2 nitrogen and oxygen atoms in total. The van der Waals surface area contributed by atoms with Gasteiger partial charge in [0.05, 0.1) is 5.69 Å². The summed E-state index contributed by atoms with van der Waals surface area (Å²) in [5, 5.41) is 0. The summed E-state index contributed by atoms with van der Waals surface area (Å²) in [5.41, 5.74) is 3.15. The van der Waals surface area contributed by atoms with Crippen LogP contribution in [0.4, 0.5) is 5.69 Å². The first kappa shape index (κ1) is 18.6. The van der Waals surface area contributed by atoms with Gasteiger partial charge in [0.2, 0.25) is 6.08 Å². The van der Waals surface area contributed by atoms with Gasteiger partial charge in [-0.25, -0.2) is 4.79 Å². The average Bonchev–Trinajstić information content (AvgIpc) is 2.52. The van der Waals surface area contributed by atoms with Crippen LogP contribution < -0.4 is 0 Å². The van der Waals surface area contributed by atoms with Crippen LogP contribution in [0.3, 0.4) is 0 Å². The maximum absolute atomic E-state index is 10.3. The van der Waals surface area contributed by atoms with E-state index in [1.165, 1.54) is 69.8 Å². The molecule has 0 aliphatic heterocycles. The zero-order valence-corrected chi connectivity index (χ0v) is 14.4. The van der Waals surface area contributed by atoms with Crippen LogP contribution in [0.15, 0.2) is 23.2 Å². The van der Waals surface area contributed by atoms with E-state index in [0.29, 0.717) is 0 Å². The van der Waals surface area contributed by atoms with Crippen molar-refractivity contribution in [2.45, 2.75) is 84.5 Å². The number of unbranched alkanes of at least 4 members (excludes halogenated alkanes) is 9. The minimum Gasteiger partial charge on any atom is -0.211 e. The van der Waals surface area contributed by atoms with Crippen molar-refractivity contribution >= 4 is 11.8 Å². The number of rotatable bonds is 12. The first-order chi connectivity index (χ1) is 10.8. The van der Waals surface area contributed by atoms with Crippen molar-refractivity contribution < 1.29 is 4.79 Å². The van der Waals surface area contributed by atoms with Gasteiger partial charge in [0, 0.05) is 0 Å². The molecule has 0 saturated heterocycles. The molecular weight excluding hydrogens is 270 g/mol. The van der Waals surface area contributed by atoms with Crippen LogP contribution in [0.1, 0.15) is 82.3 Å². The van der Waals surface area contributed by atoms with E-state index < -0.39 is 0 Å². The minimum atomic E-state index is 0.738. The van der Waals surface area contributed by atoms with Crippen molar-refractivity contribution in [2.24, 2.45) is 4.99 Å². The van der Waals surface area contributed by atoms with E-state index in [1.807, 2.05) is 13.0 Å². The maximum Gasteiger partial charge on any atom is 0.240 e. The second-order valence-corrected chi connectivity index (χ2v) is 6.26. The van der Waals surface area contributed by atoms with E-state index in [9.17, 15) is 4.79 Å². The van der Waals surface area contributed by atoms with E-state index in [2.05, 4.69) is 24.0 Å². The van der Waals surface area contributed by atoms with Gasteiger partial charge in [0.1, 0.15) is 0 Å². The summed E-state index contributed by atoms with van der Waals surface area (Å²) in [7, 11) is 0. The predicted octanol–water partition coefficient (Wildman–Crippen LogP) is 6.43. The number of benzene rings is 1. The van der Waals surface area contributed by atoms with Gasteiger partial charge in [0.15, 0.2) is 0 Å². The maximum atomic E-state index is 10.3. The monoisotopic (exact) mass is 301 g/mol. The van der Waals surface area contributed by atoms with Gasteiger partial charge >= 0.3 is 0 Å². The molecule has 122 valence electrons. The molecule has 1 aromatic rings. The number of aryl methyl sites for hydroxylation is 2. The van der Waals surface area contributed by atoms with Crippen LogP contribution in [0.5, 0.6) is 0 Å². The summed E-state index contributed by atoms with van der Waals surface area (Å²) < 4.78 is 0. The highest BCUT2D eigenvalue weighted by atomic mass is 16.1. The van der Waals surface area contributed by atoms with Gasteiger partial charge in [-0.05, 0) is 37.0 Å². The Kier molecular flexibility index (Phi) is 10.3. The largest absolute Gasteiger partial charge is 0.240 e. The first-order valence-electron chi connectivity index (χ1n) is 8.95. The smallest absolute Gasteiger partial charge is 0.211 e. The lowest BCUT2D eigenvalue weighted by atomic mass is 10.0. The van der Waals surface area contributed by atoms with E-state index in [1.54, 1.807) is 6.08 Å².